The van der Waals surface area contributed by atoms with E-state index in [4.69, 9.17) is 34.8 Å². The number of halogens is 3. The molecule has 3 nitrogen and oxygen atoms in total. The van der Waals surface area contributed by atoms with E-state index >= 15 is 0 Å². The second-order valence-electron chi connectivity index (χ2n) is 4.07. The Morgan fingerprint density at radius 1 is 1.18 bits per heavy atom. The Balaban J connectivity index is 3.01. The molecule has 0 spiro atoms. The molecule has 0 aromatic heterocycles. The fraction of sp³-hybridized carbons (Fsp3) is 0.364. The molecule has 94 valence electrons. The zero-order valence-electron chi connectivity index (χ0n) is 9.70. The molecule has 1 amide bonds. The van der Waals surface area contributed by atoms with Crippen molar-refractivity contribution in [2.45, 2.75) is 19.4 Å². The highest BCUT2D eigenvalue weighted by molar-refractivity contribution is 6.42. The van der Waals surface area contributed by atoms with Crippen LogP contribution in [-0.2, 0) is 4.79 Å². The minimum atomic E-state index is -0.716. The molecule has 17 heavy (non-hydrogen) atoms. The topological polar surface area (TPSA) is 41.1 Å². The summed E-state index contributed by atoms with van der Waals surface area (Å²) in [5.74, 6) is -0.230. The van der Waals surface area contributed by atoms with Crippen LogP contribution in [0.25, 0.3) is 0 Å². The molecule has 6 heteroatoms. The number of carbonyl (C=O) groups is 1. The summed E-state index contributed by atoms with van der Waals surface area (Å²) in [6.45, 7) is 3.50. The van der Waals surface area contributed by atoms with Crippen molar-refractivity contribution in [3.8, 4) is 0 Å². The predicted molar refractivity (Wildman–Crippen MR) is 73.2 cm³/mol. The van der Waals surface area contributed by atoms with Gasteiger partial charge in [-0.2, -0.15) is 0 Å². The Labute approximate surface area is 115 Å². The third-order valence-corrected chi connectivity index (χ3v) is 3.25. The molecular formula is C11H13Cl3N2O. The number of amides is 1. The molecule has 0 fully saturated rings. The van der Waals surface area contributed by atoms with E-state index in [1.165, 1.54) is 12.1 Å². The van der Waals surface area contributed by atoms with Crippen LogP contribution in [0.4, 0.5) is 5.69 Å². The van der Waals surface area contributed by atoms with Crippen LogP contribution in [0.2, 0.25) is 15.1 Å². The molecule has 0 aliphatic heterocycles. The maximum absolute atomic E-state index is 11.9. The van der Waals surface area contributed by atoms with E-state index in [0.29, 0.717) is 20.8 Å². The van der Waals surface area contributed by atoms with Gasteiger partial charge in [0.05, 0.1) is 21.3 Å². The highest BCUT2D eigenvalue weighted by atomic mass is 35.5. The second-order valence-corrected chi connectivity index (χ2v) is 5.32. The first-order valence-electron chi connectivity index (χ1n) is 4.93. The monoisotopic (exact) mass is 294 g/mol. The molecule has 0 saturated heterocycles. The summed E-state index contributed by atoms with van der Waals surface area (Å²) in [5.41, 5.74) is -0.349. The Hall–Kier alpha value is -0.480. The smallest absolute Gasteiger partial charge is 0.244 e. The largest absolute Gasteiger partial charge is 0.322 e. The third-order valence-electron chi connectivity index (χ3n) is 2.44. The number of carbonyl (C=O) groups excluding carboxylic acids is 1. The quantitative estimate of drug-likeness (QED) is 0.895. The van der Waals surface area contributed by atoms with Crippen molar-refractivity contribution >= 4 is 46.4 Å². The lowest BCUT2D eigenvalue weighted by Crippen LogP contribution is -2.48. The Morgan fingerprint density at radius 3 is 2.06 bits per heavy atom. The van der Waals surface area contributed by atoms with Gasteiger partial charge in [-0.05, 0) is 33.0 Å². The van der Waals surface area contributed by atoms with Crippen molar-refractivity contribution < 1.29 is 4.79 Å². The summed E-state index contributed by atoms with van der Waals surface area (Å²) >= 11 is 17.7. The standard InChI is InChI=1S/C11H13Cl3N2O/c1-11(2,15-3)10(17)16-9-7(13)4-6(12)5-8(9)14/h4-5,15H,1-3H3,(H,16,17). The van der Waals surface area contributed by atoms with Crippen LogP contribution >= 0.6 is 34.8 Å². The molecule has 0 bridgehead atoms. The minimum Gasteiger partial charge on any atom is -0.322 e. The van der Waals surface area contributed by atoms with Crippen molar-refractivity contribution in [1.82, 2.24) is 5.32 Å². The molecule has 0 atom stereocenters. The highest BCUT2D eigenvalue weighted by Gasteiger charge is 2.26. The summed E-state index contributed by atoms with van der Waals surface area (Å²) in [5, 5.41) is 6.60. The van der Waals surface area contributed by atoms with Crippen molar-refractivity contribution in [3.05, 3.63) is 27.2 Å². The maximum Gasteiger partial charge on any atom is 0.244 e. The number of anilines is 1. The van der Waals surface area contributed by atoms with Crippen LogP contribution in [0.15, 0.2) is 12.1 Å². The van der Waals surface area contributed by atoms with Crippen molar-refractivity contribution in [3.63, 3.8) is 0 Å². The summed E-state index contributed by atoms with van der Waals surface area (Å²) in [4.78, 5) is 11.9. The van der Waals surface area contributed by atoms with Gasteiger partial charge in [0.2, 0.25) is 5.91 Å². The average molecular weight is 296 g/mol. The van der Waals surface area contributed by atoms with E-state index in [2.05, 4.69) is 10.6 Å². The van der Waals surface area contributed by atoms with Crippen molar-refractivity contribution in [1.29, 1.82) is 0 Å². The van der Waals surface area contributed by atoms with Gasteiger partial charge in [-0.15, -0.1) is 0 Å². The number of benzene rings is 1. The SMILES string of the molecule is CNC(C)(C)C(=O)Nc1c(Cl)cc(Cl)cc1Cl. The molecule has 0 unspecified atom stereocenters. The molecule has 1 aromatic carbocycles. The van der Waals surface area contributed by atoms with E-state index in [1.54, 1.807) is 20.9 Å². The van der Waals surface area contributed by atoms with E-state index in [0.717, 1.165) is 0 Å². The van der Waals surface area contributed by atoms with Crippen LogP contribution in [0.3, 0.4) is 0 Å². The molecule has 0 aliphatic carbocycles. The van der Waals surface area contributed by atoms with Gasteiger partial charge >= 0.3 is 0 Å². The van der Waals surface area contributed by atoms with E-state index < -0.39 is 5.54 Å². The van der Waals surface area contributed by atoms with Gasteiger partial charge in [-0.25, -0.2) is 0 Å². The minimum absolute atomic E-state index is 0.230. The number of hydrogen-bond donors (Lipinski definition) is 2. The maximum atomic E-state index is 11.9. The predicted octanol–water partition coefficient (Wildman–Crippen LogP) is 3.58. The normalized spacial score (nSPS) is 11.4. The first-order valence-corrected chi connectivity index (χ1v) is 6.06. The lowest BCUT2D eigenvalue weighted by Gasteiger charge is -2.23. The van der Waals surface area contributed by atoms with E-state index in [9.17, 15) is 4.79 Å². The van der Waals surface area contributed by atoms with Crippen LogP contribution in [0.5, 0.6) is 0 Å². The summed E-state index contributed by atoms with van der Waals surface area (Å²) in [6.07, 6.45) is 0. The highest BCUT2D eigenvalue weighted by Crippen LogP contribution is 2.34. The Morgan fingerprint density at radius 2 is 1.65 bits per heavy atom. The molecule has 0 radical (unpaired) electrons. The lowest BCUT2D eigenvalue weighted by atomic mass is 10.1. The number of rotatable bonds is 3. The summed E-state index contributed by atoms with van der Waals surface area (Å²) in [6, 6.07) is 3.05. The fourth-order valence-corrected chi connectivity index (χ4v) is 1.96. The van der Waals surface area contributed by atoms with Crippen LogP contribution in [0, 0.1) is 0 Å². The van der Waals surface area contributed by atoms with E-state index in [-0.39, 0.29) is 5.91 Å². The van der Waals surface area contributed by atoms with Crippen molar-refractivity contribution in [2.24, 2.45) is 0 Å². The average Bonchev–Trinajstić information content (AvgIpc) is 2.22. The lowest BCUT2D eigenvalue weighted by molar-refractivity contribution is -0.121. The molecule has 1 rings (SSSR count). The van der Waals surface area contributed by atoms with Gasteiger partial charge in [-0.1, -0.05) is 34.8 Å². The van der Waals surface area contributed by atoms with Gasteiger partial charge in [-0.3, -0.25) is 4.79 Å². The van der Waals surface area contributed by atoms with Gasteiger partial charge in [0.15, 0.2) is 0 Å². The van der Waals surface area contributed by atoms with E-state index in [1.807, 2.05) is 0 Å². The first-order chi connectivity index (χ1) is 7.77. The third kappa shape index (κ3) is 3.49. The molecule has 0 heterocycles. The first kappa shape index (κ1) is 14.6. The number of hydrogen-bond acceptors (Lipinski definition) is 2. The number of likely N-dealkylation sites (N-methyl/N-ethyl adjacent to an activating group) is 1. The Kier molecular flexibility index (Phi) is 4.67. The Bertz CT molecular complexity index is 423. The molecule has 0 aliphatic rings. The van der Waals surface area contributed by atoms with Crippen LogP contribution in [-0.4, -0.2) is 18.5 Å². The van der Waals surface area contributed by atoms with Gasteiger partial charge in [0.1, 0.15) is 0 Å². The van der Waals surface area contributed by atoms with Crippen LogP contribution < -0.4 is 10.6 Å². The fourth-order valence-electron chi connectivity index (χ4n) is 1.04. The molecule has 0 saturated carbocycles. The zero-order chi connectivity index (χ0) is 13.2. The summed E-state index contributed by atoms with van der Waals surface area (Å²) in [7, 11) is 1.70. The molecule has 2 N–H and O–H groups in total. The summed E-state index contributed by atoms with van der Waals surface area (Å²) < 4.78 is 0. The van der Waals surface area contributed by atoms with Crippen LogP contribution in [0.1, 0.15) is 13.8 Å². The van der Waals surface area contributed by atoms with Gasteiger partial charge < -0.3 is 10.6 Å². The number of nitrogens with one attached hydrogen (secondary N) is 2. The second kappa shape index (κ2) is 5.44. The zero-order valence-corrected chi connectivity index (χ0v) is 12.0. The van der Waals surface area contributed by atoms with Gasteiger partial charge in [0.25, 0.3) is 0 Å². The molecule has 1 aromatic rings. The van der Waals surface area contributed by atoms with Gasteiger partial charge in [0, 0.05) is 5.02 Å². The van der Waals surface area contributed by atoms with Crippen molar-refractivity contribution in [2.75, 3.05) is 12.4 Å². The molecular weight excluding hydrogens is 282 g/mol.